The van der Waals surface area contributed by atoms with Gasteiger partial charge < -0.3 is 9.47 Å². The first-order valence-electron chi connectivity index (χ1n) is 8.96. The van der Waals surface area contributed by atoms with E-state index >= 15 is 0 Å². The molecule has 1 aromatic rings. The van der Waals surface area contributed by atoms with Crippen LogP contribution in [0.4, 0.5) is 5.95 Å². The number of aromatic nitrogens is 2. The Labute approximate surface area is 163 Å². The maximum absolute atomic E-state index is 12.1. The van der Waals surface area contributed by atoms with Gasteiger partial charge in [0, 0.05) is 18.4 Å². The molecule has 6 nitrogen and oxygen atoms in total. The summed E-state index contributed by atoms with van der Waals surface area (Å²) in [5, 5.41) is 0.932. The SMILES string of the molecule is CCC(=O)Sc1cnc2n1C1=C(C)C(OC)=C(C)CC13C=CC=C(OC)N23. The van der Waals surface area contributed by atoms with E-state index in [-0.39, 0.29) is 5.12 Å². The van der Waals surface area contributed by atoms with Crippen molar-refractivity contribution >= 4 is 28.5 Å². The molecule has 1 aromatic heterocycles. The van der Waals surface area contributed by atoms with Crippen molar-refractivity contribution in [1.29, 1.82) is 0 Å². The summed E-state index contributed by atoms with van der Waals surface area (Å²) in [7, 11) is 3.37. The Morgan fingerprint density at radius 2 is 2.11 bits per heavy atom. The Morgan fingerprint density at radius 1 is 1.33 bits per heavy atom. The van der Waals surface area contributed by atoms with Crippen molar-refractivity contribution in [1.82, 2.24) is 9.55 Å². The summed E-state index contributed by atoms with van der Waals surface area (Å²) in [4.78, 5) is 18.9. The van der Waals surface area contributed by atoms with Crippen molar-refractivity contribution in [2.24, 2.45) is 0 Å². The monoisotopic (exact) mass is 385 g/mol. The minimum atomic E-state index is -0.426. The molecule has 1 atom stereocenters. The number of methoxy groups -OCH3 is 2. The summed E-state index contributed by atoms with van der Waals surface area (Å²) < 4.78 is 13.5. The van der Waals surface area contributed by atoms with Crippen LogP contribution in [-0.4, -0.2) is 34.4 Å². The molecule has 0 saturated carbocycles. The zero-order valence-corrected chi connectivity index (χ0v) is 17.0. The van der Waals surface area contributed by atoms with E-state index in [1.54, 1.807) is 20.4 Å². The predicted molar refractivity (Wildman–Crippen MR) is 106 cm³/mol. The van der Waals surface area contributed by atoms with Gasteiger partial charge in [0.15, 0.2) is 11.0 Å². The minimum absolute atomic E-state index is 0.113. The van der Waals surface area contributed by atoms with Crippen molar-refractivity contribution in [3.8, 4) is 0 Å². The molecule has 0 amide bonds. The fraction of sp³-hybridized carbons (Fsp3) is 0.400. The molecule has 142 valence electrons. The molecule has 0 bridgehead atoms. The predicted octanol–water partition coefficient (Wildman–Crippen LogP) is 4.08. The number of imidazole rings is 1. The summed E-state index contributed by atoms with van der Waals surface area (Å²) in [6, 6.07) is 0. The summed E-state index contributed by atoms with van der Waals surface area (Å²) in [6.07, 6.45) is 9.16. The molecule has 7 heteroatoms. The Hall–Kier alpha value is -2.41. The first-order chi connectivity index (χ1) is 13.0. The van der Waals surface area contributed by atoms with Gasteiger partial charge >= 0.3 is 0 Å². The zero-order chi connectivity index (χ0) is 19.3. The van der Waals surface area contributed by atoms with E-state index in [9.17, 15) is 4.79 Å². The Bertz CT molecular complexity index is 954. The van der Waals surface area contributed by atoms with Crippen LogP contribution in [-0.2, 0) is 14.3 Å². The molecule has 0 N–H and O–H groups in total. The number of hydrogen-bond donors (Lipinski definition) is 0. The standard InChI is InChI=1S/C20H23N3O3S/c1-6-16(24)27-15-11-21-19-22(15)18-13(3)17(26-5)12(2)10-20(18)9-7-8-14(25-4)23(19)20/h7-9,11H,6,10H2,1-5H3. The van der Waals surface area contributed by atoms with Crippen LogP contribution in [0, 0.1) is 0 Å². The van der Waals surface area contributed by atoms with Gasteiger partial charge in [0.25, 0.3) is 0 Å². The molecule has 0 saturated heterocycles. The van der Waals surface area contributed by atoms with Gasteiger partial charge in [0.05, 0.1) is 26.1 Å². The average molecular weight is 385 g/mol. The van der Waals surface area contributed by atoms with E-state index in [2.05, 4.69) is 34.4 Å². The molecule has 2 aliphatic heterocycles. The smallest absolute Gasteiger partial charge is 0.219 e. The topological polar surface area (TPSA) is 56.6 Å². The number of carbonyl (C=O) groups excluding carboxylic acids is 1. The van der Waals surface area contributed by atoms with Crippen LogP contribution in [0.5, 0.6) is 0 Å². The fourth-order valence-corrected chi connectivity index (χ4v) is 5.11. The van der Waals surface area contributed by atoms with Crippen molar-refractivity contribution in [3.05, 3.63) is 47.2 Å². The van der Waals surface area contributed by atoms with Crippen LogP contribution in [0.2, 0.25) is 0 Å². The molecule has 0 aromatic carbocycles. The maximum Gasteiger partial charge on any atom is 0.219 e. The van der Waals surface area contributed by atoms with Gasteiger partial charge in [-0.05, 0) is 37.3 Å². The normalized spacial score (nSPS) is 23.1. The first kappa shape index (κ1) is 18.0. The second-order valence-electron chi connectivity index (χ2n) is 6.85. The third-order valence-corrected chi connectivity index (χ3v) is 6.33. The van der Waals surface area contributed by atoms with E-state index < -0.39 is 5.54 Å². The van der Waals surface area contributed by atoms with Crippen LogP contribution in [0.1, 0.15) is 33.6 Å². The molecule has 1 aliphatic carbocycles. The van der Waals surface area contributed by atoms with Crippen LogP contribution in [0.25, 0.3) is 5.70 Å². The van der Waals surface area contributed by atoms with Gasteiger partial charge in [-0.3, -0.25) is 14.3 Å². The number of nitrogens with zero attached hydrogens (tertiary/aromatic N) is 3. The first-order valence-corrected chi connectivity index (χ1v) is 9.78. The molecule has 3 aliphatic rings. The average Bonchev–Trinajstić information content (AvgIpc) is 3.17. The number of anilines is 1. The summed E-state index contributed by atoms with van der Waals surface area (Å²) >= 11 is 1.23. The van der Waals surface area contributed by atoms with Crippen LogP contribution < -0.4 is 4.90 Å². The molecule has 1 spiro atoms. The third-order valence-electron chi connectivity index (χ3n) is 5.31. The summed E-state index contributed by atoms with van der Waals surface area (Å²) in [5.41, 5.74) is 2.87. The molecule has 27 heavy (non-hydrogen) atoms. The second kappa shape index (κ2) is 6.34. The molecule has 0 radical (unpaired) electrons. The van der Waals surface area contributed by atoms with Crippen LogP contribution in [0.15, 0.2) is 52.2 Å². The van der Waals surface area contributed by atoms with Gasteiger partial charge in [0.2, 0.25) is 5.95 Å². The molecule has 3 heterocycles. The highest BCUT2D eigenvalue weighted by atomic mass is 32.2. The van der Waals surface area contributed by atoms with Gasteiger partial charge in [-0.2, -0.15) is 0 Å². The highest BCUT2D eigenvalue weighted by molar-refractivity contribution is 8.13. The van der Waals surface area contributed by atoms with Crippen molar-refractivity contribution in [2.75, 3.05) is 19.1 Å². The fourth-order valence-electron chi connectivity index (χ4n) is 4.36. The van der Waals surface area contributed by atoms with Gasteiger partial charge in [-0.15, -0.1) is 0 Å². The number of thioether (sulfide) groups is 1. The lowest BCUT2D eigenvalue weighted by Crippen LogP contribution is -2.48. The highest BCUT2D eigenvalue weighted by Gasteiger charge is 2.54. The van der Waals surface area contributed by atoms with E-state index in [0.29, 0.717) is 6.42 Å². The Morgan fingerprint density at radius 3 is 2.78 bits per heavy atom. The second-order valence-corrected chi connectivity index (χ2v) is 7.93. The number of allylic oxidation sites excluding steroid dienone is 3. The molecule has 0 fully saturated rings. The lowest BCUT2D eigenvalue weighted by molar-refractivity contribution is -0.110. The lowest BCUT2D eigenvalue weighted by atomic mass is 9.78. The minimum Gasteiger partial charge on any atom is -0.496 e. The van der Waals surface area contributed by atoms with Gasteiger partial charge in [-0.25, -0.2) is 4.98 Å². The van der Waals surface area contributed by atoms with E-state index in [1.807, 2.05) is 19.1 Å². The molecule has 4 rings (SSSR count). The highest BCUT2D eigenvalue weighted by Crippen LogP contribution is 2.55. The number of ether oxygens (including phenoxy) is 2. The van der Waals surface area contributed by atoms with Gasteiger partial charge in [0.1, 0.15) is 16.3 Å². The maximum atomic E-state index is 12.1. The number of hydrogen-bond acceptors (Lipinski definition) is 6. The third kappa shape index (κ3) is 2.34. The van der Waals surface area contributed by atoms with E-state index in [0.717, 1.165) is 40.3 Å². The number of rotatable bonds is 4. The van der Waals surface area contributed by atoms with E-state index in [4.69, 9.17) is 9.47 Å². The zero-order valence-electron chi connectivity index (χ0n) is 16.2. The Kier molecular flexibility index (Phi) is 4.22. The number of fused-ring (bicyclic) bond motifs is 3. The van der Waals surface area contributed by atoms with Gasteiger partial charge in [-0.1, -0.05) is 19.1 Å². The Balaban J connectivity index is 1.99. The molecular weight excluding hydrogens is 362 g/mol. The quantitative estimate of drug-likeness (QED) is 0.728. The largest absolute Gasteiger partial charge is 0.496 e. The van der Waals surface area contributed by atoms with Crippen molar-refractivity contribution in [2.45, 2.75) is 44.2 Å². The summed E-state index contributed by atoms with van der Waals surface area (Å²) in [6.45, 7) is 6.04. The molecular formula is C20H23N3O3S. The number of carbonyl (C=O) groups is 1. The van der Waals surface area contributed by atoms with E-state index in [1.165, 1.54) is 17.3 Å². The van der Waals surface area contributed by atoms with Crippen molar-refractivity contribution in [3.63, 3.8) is 0 Å². The van der Waals surface area contributed by atoms with Crippen molar-refractivity contribution < 1.29 is 14.3 Å². The molecule has 1 unspecified atom stereocenters. The van der Waals surface area contributed by atoms with Crippen LogP contribution >= 0.6 is 11.8 Å². The lowest BCUT2D eigenvalue weighted by Gasteiger charge is -2.42. The summed E-state index contributed by atoms with van der Waals surface area (Å²) in [5.74, 6) is 2.40. The van der Waals surface area contributed by atoms with Crippen LogP contribution in [0.3, 0.4) is 0 Å².